The maximum Gasteiger partial charge on any atom is 0.248 e. The highest BCUT2D eigenvalue weighted by molar-refractivity contribution is 7.89. The molecule has 2 aromatic carbocycles. The first-order chi connectivity index (χ1) is 13.1. The normalized spacial score (nSPS) is 11.2. The third-order valence-electron chi connectivity index (χ3n) is 3.44. The van der Waals surface area contributed by atoms with Gasteiger partial charge in [-0.15, -0.1) is 5.10 Å². The average molecular weight is 425 g/mol. The highest BCUT2D eigenvalue weighted by Crippen LogP contribution is 2.20. The van der Waals surface area contributed by atoms with Crippen LogP contribution >= 0.6 is 12.2 Å². The quantitative estimate of drug-likeness (QED) is 0.464. The smallest absolute Gasteiger partial charge is 0.248 e. The summed E-state index contributed by atoms with van der Waals surface area (Å²) in [5, 5.41) is 14.0. The zero-order valence-electron chi connectivity index (χ0n) is 13.9. The summed E-state index contributed by atoms with van der Waals surface area (Å²) < 4.78 is 51.3. The molecule has 6 N–H and O–H groups in total. The van der Waals surface area contributed by atoms with Gasteiger partial charge in [0.2, 0.25) is 27.0 Å². The number of primary sulfonamides is 1. The molecule has 9 nitrogen and oxygen atoms in total. The summed E-state index contributed by atoms with van der Waals surface area (Å²) in [4.78, 5) is 3.81. The molecule has 28 heavy (non-hydrogen) atoms. The molecule has 0 spiro atoms. The molecule has 0 amide bonds. The number of aromatic nitrogens is 3. The minimum absolute atomic E-state index is 0.0257. The molecule has 0 aliphatic heterocycles. The largest absolute Gasteiger partial charge is 0.368 e. The van der Waals surface area contributed by atoms with Crippen LogP contribution in [0, 0.1) is 11.6 Å². The molecular weight excluding hydrogens is 412 g/mol. The van der Waals surface area contributed by atoms with E-state index in [9.17, 15) is 17.2 Å². The molecule has 1 heterocycles. The Morgan fingerprint density at radius 1 is 1.14 bits per heavy atom. The molecule has 0 aliphatic carbocycles. The zero-order chi connectivity index (χ0) is 20.5. The van der Waals surface area contributed by atoms with E-state index in [4.69, 9.17) is 23.1 Å². The number of para-hydroxylation sites is 1. The minimum atomic E-state index is -3.89. The summed E-state index contributed by atoms with van der Waals surface area (Å²) in [6, 6.07) is 8.95. The third-order valence-corrected chi connectivity index (χ3v) is 4.62. The average Bonchev–Trinajstić information content (AvgIpc) is 2.98. The van der Waals surface area contributed by atoms with Crippen molar-refractivity contribution in [1.82, 2.24) is 14.8 Å². The summed E-state index contributed by atoms with van der Waals surface area (Å²) in [6.07, 6.45) is 0. The van der Waals surface area contributed by atoms with Gasteiger partial charge in [-0.1, -0.05) is 12.1 Å². The van der Waals surface area contributed by atoms with Crippen molar-refractivity contribution in [3.8, 4) is 0 Å². The predicted octanol–water partition coefficient (Wildman–Crippen LogP) is 1.77. The molecule has 3 rings (SSSR count). The van der Waals surface area contributed by atoms with Gasteiger partial charge in [-0.05, 0) is 42.5 Å². The van der Waals surface area contributed by atoms with Gasteiger partial charge in [0.15, 0.2) is 0 Å². The van der Waals surface area contributed by atoms with E-state index in [1.165, 1.54) is 24.3 Å². The van der Waals surface area contributed by atoms with Crippen molar-refractivity contribution in [2.45, 2.75) is 4.90 Å². The Hall–Kier alpha value is -3.16. The molecule has 0 bridgehead atoms. The van der Waals surface area contributed by atoms with Crippen LogP contribution in [-0.4, -0.2) is 28.3 Å². The molecule has 1 aromatic heterocycles. The van der Waals surface area contributed by atoms with Gasteiger partial charge in [0.25, 0.3) is 0 Å². The summed E-state index contributed by atoms with van der Waals surface area (Å²) in [6.45, 7) is 0. The molecular formula is C15H13F2N7O2S2. The molecule has 3 aromatic rings. The number of nitrogen functional groups attached to an aromatic ring is 1. The van der Waals surface area contributed by atoms with Crippen molar-refractivity contribution in [2.24, 2.45) is 5.14 Å². The van der Waals surface area contributed by atoms with Gasteiger partial charge in [-0.3, -0.25) is 0 Å². The van der Waals surface area contributed by atoms with E-state index in [2.05, 4.69) is 20.7 Å². The number of benzene rings is 2. The molecule has 146 valence electrons. The fraction of sp³-hybridized carbons (Fsp3) is 0. The summed E-state index contributed by atoms with van der Waals surface area (Å²) in [5.41, 5.74) is 5.60. The van der Waals surface area contributed by atoms with Gasteiger partial charge in [0.1, 0.15) is 17.3 Å². The van der Waals surface area contributed by atoms with E-state index in [1.54, 1.807) is 6.07 Å². The van der Waals surface area contributed by atoms with Gasteiger partial charge in [0.05, 0.1) is 4.90 Å². The van der Waals surface area contributed by atoms with E-state index >= 15 is 0 Å². The van der Waals surface area contributed by atoms with E-state index in [1.807, 2.05) is 0 Å². The van der Waals surface area contributed by atoms with Crippen LogP contribution in [0.1, 0.15) is 0 Å². The second kappa shape index (κ2) is 7.46. The Morgan fingerprint density at radius 3 is 2.43 bits per heavy atom. The lowest BCUT2D eigenvalue weighted by Crippen LogP contribution is -2.23. The second-order valence-corrected chi connectivity index (χ2v) is 7.38. The fourth-order valence-electron chi connectivity index (χ4n) is 2.18. The number of halogens is 2. The first-order valence-electron chi connectivity index (χ1n) is 7.53. The highest BCUT2D eigenvalue weighted by Gasteiger charge is 2.16. The van der Waals surface area contributed by atoms with Crippen LogP contribution in [0.4, 0.5) is 32.1 Å². The van der Waals surface area contributed by atoms with E-state index in [-0.39, 0.29) is 21.9 Å². The number of sulfonamides is 1. The van der Waals surface area contributed by atoms with Crippen LogP contribution in [0.2, 0.25) is 0 Å². The van der Waals surface area contributed by atoms with Crippen LogP contribution < -0.4 is 21.5 Å². The van der Waals surface area contributed by atoms with Gasteiger partial charge in [0, 0.05) is 5.69 Å². The number of anilines is 4. The predicted molar refractivity (Wildman–Crippen MR) is 104 cm³/mol. The van der Waals surface area contributed by atoms with Crippen LogP contribution in [0.25, 0.3) is 0 Å². The lowest BCUT2D eigenvalue weighted by atomic mass is 10.3. The fourth-order valence-corrected chi connectivity index (χ4v) is 2.98. The number of thiocarbonyl (C=S) groups is 1. The number of nitrogens with one attached hydrogen (secondary N) is 2. The summed E-state index contributed by atoms with van der Waals surface area (Å²) >= 11 is 5.07. The van der Waals surface area contributed by atoms with Gasteiger partial charge in [-0.25, -0.2) is 22.3 Å². The number of nitrogens with two attached hydrogens (primary N) is 2. The maximum atomic E-state index is 13.7. The van der Waals surface area contributed by atoms with E-state index < -0.39 is 27.3 Å². The lowest BCUT2D eigenvalue weighted by molar-refractivity contribution is 0.591. The Kier molecular flexibility index (Phi) is 5.22. The van der Waals surface area contributed by atoms with Crippen LogP contribution in [0.3, 0.4) is 0 Å². The Morgan fingerprint density at radius 2 is 1.79 bits per heavy atom. The van der Waals surface area contributed by atoms with Gasteiger partial charge >= 0.3 is 0 Å². The summed E-state index contributed by atoms with van der Waals surface area (Å²) in [5.74, 6) is -1.89. The van der Waals surface area contributed by atoms with Crippen LogP contribution in [0.15, 0.2) is 47.4 Å². The van der Waals surface area contributed by atoms with Crippen molar-refractivity contribution in [1.29, 1.82) is 0 Å². The Labute approximate surface area is 163 Å². The molecule has 0 saturated carbocycles. The lowest BCUT2D eigenvalue weighted by Gasteiger charge is -2.09. The van der Waals surface area contributed by atoms with Crippen LogP contribution in [0.5, 0.6) is 0 Å². The van der Waals surface area contributed by atoms with Crippen molar-refractivity contribution >= 4 is 50.6 Å². The standard InChI is InChI=1S/C15H13F2N7O2S2/c16-10-5-2-6-11(17)12(10)21-15(27)24-13(18)22-14(23-24)20-8-3-1-4-9(7-8)28(19,25)26/h1-7H,(H,21,27)(H2,19,25,26)(H3,18,20,22,23). The van der Waals surface area contributed by atoms with E-state index in [0.29, 0.717) is 5.69 Å². The monoisotopic (exact) mass is 425 g/mol. The molecule has 0 saturated heterocycles. The van der Waals surface area contributed by atoms with Crippen molar-refractivity contribution in [3.05, 3.63) is 54.1 Å². The highest BCUT2D eigenvalue weighted by atomic mass is 32.2. The van der Waals surface area contributed by atoms with Gasteiger partial charge < -0.3 is 16.4 Å². The van der Waals surface area contributed by atoms with Gasteiger partial charge in [-0.2, -0.15) is 9.67 Å². The molecule has 0 atom stereocenters. The third kappa shape index (κ3) is 4.21. The SMILES string of the molecule is Nc1nc(Nc2cccc(S(N)(=O)=O)c2)nn1C(=S)Nc1c(F)cccc1F. The molecule has 0 aliphatic rings. The minimum Gasteiger partial charge on any atom is -0.368 e. The first-order valence-corrected chi connectivity index (χ1v) is 9.48. The molecule has 0 radical (unpaired) electrons. The van der Waals surface area contributed by atoms with E-state index in [0.717, 1.165) is 16.8 Å². The summed E-state index contributed by atoms with van der Waals surface area (Å²) in [7, 11) is -3.89. The molecule has 0 fully saturated rings. The topological polar surface area (TPSA) is 141 Å². The molecule has 0 unspecified atom stereocenters. The van der Waals surface area contributed by atoms with Crippen molar-refractivity contribution < 1.29 is 17.2 Å². The van der Waals surface area contributed by atoms with Crippen molar-refractivity contribution in [3.63, 3.8) is 0 Å². The number of rotatable bonds is 4. The second-order valence-electron chi connectivity index (χ2n) is 5.43. The number of nitrogens with zero attached hydrogens (tertiary/aromatic N) is 3. The zero-order valence-corrected chi connectivity index (χ0v) is 15.6. The maximum absolute atomic E-state index is 13.7. The van der Waals surface area contributed by atoms with Crippen molar-refractivity contribution in [2.75, 3.05) is 16.4 Å². The Balaban J connectivity index is 1.83. The first kappa shape index (κ1) is 19.6. The number of hydrogen-bond donors (Lipinski definition) is 4. The molecule has 13 heteroatoms. The number of hydrogen-bond acceptors (Lipinski definition) is 7. The van der Waals surface area contributed by atoms with Crippen LogP contribution in [-0.2, 0) is 10.0 Å². The Bertz CT molecular complexity index is 1140.